The Morgan fingerprint density at radius 3 is 2.56 bits per heavy atom. The minimum absolute atomic E-state index is 0.203. The van der Waals surface area contributed by atoms with E-state index in [1.165, 1.54) is 4.90 Å². The number of hydrogen-bond donors (Lipinski definition) is 0. The van der Waals surface area contributed by atoms with Crippen LogP contribution in [0.3, 0.4) is 0 Å². The van der Waals surface area contributed by atoms with E-state index in [4.69, 9.17) is 4.74 Å². The lowest BCUT2D eigenvalue weighted by Gasteiger charge is -2.14. The number of amides is 2. The van der Waals surface area contributed by atoms with Gasteiger partial charge in [0.1, 0.15) is 12.4 Å². The van der Waals surface area contributed by atoms with Gasteiger partial charge in [0.15, 0.2) is 0 Å². The van der Waals surface area contributed by atoms with E-state index in [1.54, 1.807) is 18.2 Å². The molecule has 7 heteroatoms. The molecule has 0 saturated carbocycles. The Balaban J connectivity index is 1.40. The summed E-state index contributed by atoms with van der Waals surface area (Å²) < 4.78 is 6.84. The summed E-state index contributed by atoms with van der Waals surface area (Å²) in [6, 6.07) is 28.7. The number of thioether (sulfide) groups is 1. The highest BCUT2D eigenvalue weighted by molar-refractivity contribution is 9.10. The van der Waals surface area contributed by atoms with Gasteiger partial charge in [-0.15, -0.1) is 0 Å². The predicted octanol–water partition coefficient (Wildman–Crippen LogP) is 7.29. The van der Waals surface area contributed by atoms with Crippen LogP contribution in [0.5, 0.6) is 5.75 Å². The Bertz CT molecular complexity index is 1570. The van der Waals surface area contributed by atoms with Crippen LogP contribution in [0.2, 0.25) is 0 Å². The SMILES string of the molecule is N#Cc1ccccc1COc1ccc(Br)cc1/C=C1/SC(=O)N(Cc2cccc3ccccc23)C1=O. The summed E-state index contributed by atoms with van der Waals surface area (Å²) in [5.41, 5.74) is 2.89. The lowest BCUT2D eigenvalue weighted by molar-refractivity contribution is -0.123. The van der Waals surface area contributed by atoms with Crippen LogP contribution in [-0.4, -0.2) is 16.0 Å². The number of halogens is 1. The van der Waals surface area contributed by atoms with Crippen molar-refractivity contribution >= 4 is 55.7 Å². The molecule has 0 aliphatic carbocycles. The smallest absolute Gasteiger partial charge is 0.293 e. The minimum Gasteiger partial charge on any atom is -0.488 e. The van der Waals surface area contributed by atoms with Crippen LogP contribution >= 0.6 is 27.7 Å². The van der Waals surface area contributed by atoms with Gasteiger partial charge in [0.25, 0.3) is 11.1 Å². The van der Waals surface area contributed by atoms with E-state index in [0.717, 1.165) is 38.1 Å². The second-order valence-electron chi connectivity index (χ2n) is 8.15. The molecule has 2 amide bonds. The average molecular weight is 555 g/mol. The Morgan fingerprint density at radius 1 is 0.944 bits per heavy atom. The number of rotatable bonds is 6. The molecule has 1 heterocycles. The third-order valence-corrected chi connectivity index (χ3v) is 7.26. The number of fused-ring (bicyclic) bond motifs is 1. The van der Waals surface area contributed by atoms with Crippen LogP contribution in [0, 0.1) is 11.3 Å². The number of ether oxygens (including phenoxy) is 1. The molecule has 5 rings (SSSR count). The second-order valence-corrected chi connectivity index (χ2v) is 10.1. The van der Waals surface area contributed by atoms with Crippen molar-refractivity contribution in [2.45, 2.75) is 13.2 Å². The minimum atomic E-state index is -0.335. The lowest BCUT2D eigenvalue weighted by Crippen LogP contribution is -2.27. The van der Waals surface area contributed by atoms with E-state index < -0.39 is 0 Å². The molecule has 0 N–H and O–H groups in total. The Kier molecular flexibility index (Phi) is 6.90. The maximum Gasteiger partial charge on any atom is 0.293 e. The van der Waals surface area contributed by atoms with Crippen LogP contribution in [0.15, 0.2) is 94.3 Å². The molecule has 1 fully saturated rings. The summed E-state index contributed by atoms with van der Waals surface area (Å²) >= 11 is 4.39. The van der Waals surface area contributed by atoms with Crippen molar-refractivity contribution in [1.82, 2.24) is 4.90 Å². The highest BCUT2D eigenvalue weighted by atomic mass is 79.9. The maximum absolute atomic E-state index is 13.2. The first kappa shape index (κ1) is 23.9. The molecule has 0 unspecified atom stereocenters. The number of carbonyl (C=O) groups is 2. The molecule has 1 aliphatic rings. The molecule has 176 valence electrons. The first-order valence-corrected chi connectivity index (χ1v) is 12.8. The van der Waals surface area contributed by atoms with E-state index in [0.29, 0.717) is 21.8 Å². The second kappa shape index (κ2) is 10.4. The molecule has 0 radical (unpaired) electrons. The number of hydrogen-bond acceptors (Lipinski definition) is 5. The Labute approximate surface area is 221 Å². The number of carbonyl (C=O) groups excluding carboxylic acids is 2. The molecule has 1 aliphatic heterocycles. The summed E-state index contributed by atoms with van der Waals surface area (Å²) in [7, 11) is 0. The molecular formula is C29H19BrN2O3S. The highest BCUT2D eigenvalue weighted by Crippen LogP contribution is 2.36. The monoisotopic (exact) mass is 554 g/mol. The number of nitriles is 1. The van der Waals surface area contributed by atoms with Crippen LogP contribution < -0.4 is 4.74 Å². The summed E-state index contributed by atoms with van der Waals surface area (Å²) in [5, 5.41) is 11.1. The van der Waals surface area contributed by atoms with E-state index in [2.05, 4.69) is 22.0 Å². The van der Waals surface area contributed by atoms with E-state index in [9.17, 15) is 14.9 Å². The first-order chi connectivity index (χ1) is 17.5. The number of nitrogens with zero attached hydrogens (tertiary/aromatic N) is 2. The van der Waals surface area contributed by atoms with Crippen molar-refractivity contribution in [3.63, 3.8) is 0 Å². The lowest BCUT2D eigenvalue weighted by atomic mass is 10.0. The van der Waals surface area contributed by atoms with Crippen LogP contribution in [0.4, 0.5) is 4.79 Å². The van der Waals surface area contributed by atoms with Crippen molar-refractivity contribution in [1.29, 1.82) is 5.26 Å². The molecule has 5 nitrogen and oxygen atoms in total. The van der Waals surface area contributed by atoms with Crippen molar-refractivity contribution < 1.29 is 14.3 Å². The van der Waals surface area contributed by atoms with Crippen molar-refractivity contribution in [3.05, 3.63) is 117 Å². The number of benzene rings is 4. The summed E-state index contributed by atoms with van der Waals surface area (Å²) in [6.45, 7) is 0.408. The van der Waals surface area contributed by atoms with Crippen LogP contribution in [-0.2, 0) is 17.9 Å². The van der Waals surface area contributed by atoms with Gasteiger partial charge >= 0.3 is 0 Å². The standard InChI is InChI=1S/C29H19BrN2O3S/c30-24-12-13-26(35-18-22-8-2-1-7-20(22)16-31)23(14-24)15-27-28(33)32(29(34)36-27)17-21-10-5-9-19-6-3-4-11-25(19)21/h1-15H,17-18H2/b27-15+. The first-order valence-electron chi connectivity index (χ1n) is 11.2. The van der Waals surface area contributed by atoms with Gasteiger partial charge in [-0.05, 0) is 58.4 Å². The normalized spacial score (nSPS) is 14.4. The van der Waals surface area contributed by atoms with E-state index >= 15 is 0 Å². The third kappa shape index (κ3) is 4.92. The molecule has 0 spiro atoms. The van der Waals surface area contributed by atoms with Crippen LogP contribution in [0.25, 0.3) is 16.8 Å². The predicted molar refractivity (Wildman–Crippen MR) is 145 cm³/mol. The van der Waals surface area contributed by atoms with E-state index in [1.807, 2.05) is 72.8 Å². The molecular weight excluding hydrogens is 536 g/mol. The fourth-order valence-electron chi connectivity index (χ4n) is 4.05. The van der Waals surface area contributed by atoms with Crippen molar-refractivity contribution in [2.75, 3.05) is 0 Å². The Morgan fingerprint density at radius 2 is 1.69 bits per heavy atom. The average Bonchev–Trinajstić information content (AvgIpc) is 3.16. The topological polar surface area (TPSA) is 70.4 Å². The Hall–Kier alpha value is -3.86. The van der Waals surface area contributed by atoms with Gasteiger partial charge in [0.05, 0.1) is 23.1 Å². The van der Waals surface area contributed by atoms with Crippen molar-refractivity contribution in [2.24, 2.45) is 0 Å². The number of imide groups is 1. The summed E-state index contributed by atoms with van der Waals surface area (Å²) in [4.78, 5) is 27.7. The molecule has 1 saturated heterocycles. The van der Waals surface area contributed by atoms with Gasteiger partial charge in [-0.3, -0.25) is 14.5 Å². The van der Waals surface area contributed by atoms with Gasteiger partial charge in [0.2, 0.25) is 0 Å². The van der Waals surface area contributed by atoms with Crippen molar-refractivity contribution in [3.8, 4) is 11.8 Å². The molecule has 36 heavy (non-hydrogen) atoms. The molecule has 4 aromatic carbocycles. The molecule has 4 aromatic rings. The summed E-state index contributed by atoms with van der Waals surface area (Å²) in [6.07, 6.45) is 1.68. The summed E-state index contributed by atoms with van der Waals surface area (Å²) in [5.74, 6) is 0.213. The zero-order valence-corrected chi connectivity index (χ0v) is 21.4. The fraction of sp³-hybridized carbons (Fsp3) is 0.0690. The van der Waals surface area contributed by atoms with E-state index in [-0.39, 0.29) is 24.3 Å². The zero-order chi connectivity index (χ0) is 25.1. The maximum atomic E-state index is 13.2. The molecule has 0 aromatic heterocycles. The quantitative estimate of drug-likeness (QED) is 0.234. The van der Waals surface area contributed by atoms with Gasteiger partial charge < -0.3 is 4.74 Å². The van der Waals surface area contributed by atoms with Gasteiger partial charge in [0, 0.05) is 15.6 Å². The highest BCUT2D eigenvalue weighted by Gasteiger charge is 2.35. The van der Waals surface area contributed by atoms with Gasteiger partial charge in [-0.1, -0.05) is 76.6 Å². The largest absolute Gasteiger partial charge is 0.488 e. The molecule has 0 atom stereocenters. The van der Waals surface area contributed by atoms with Gasteiger partial charge in [-0.25, -0.2) is 0 Å². The molecule has 0 bridgehead atoms. The third-order valence-electron chi connectivity index (χ3n) is 5.86. The van der Waals surface area contributed by atoms with Gasteiger partial charge in [-0.2, -0.15) is 5.26 Å². The zero-order valence-electron chi connectivity index (χ0n) is 19.0. The fourth-order valence-corrected chi connectivity index (χ4v) is 5.26. The van der Waals surface area contributed by atoms with Crippen LogP contribution in [0.1, 0.15) is 22.3 Å².